The van der Waals surface area contributed by atoms with Gasteiger partial charge in [0.2, 0.25) is 10.0 Å². The summed E-state index contributed by atoms with van der Waals surface area (Å²) in [7, 11) is -2.04. The van der Waals surface area contributed by atoms with Crippen molar-refractivity contribution in [3.05, 3.63) is 53.3 Å². The minimum Gasteiger partial charge on any atom is -0.455 e. The molecule has 1 atom stereocenters. The molecule has 0 saturated carbocycles. The summed E-state index contributed by atoms with van der Waals surface area (Å²) >= 11 is 0. The highest BCUT2D eigenvalue weighted by Gasteiger charge is 2.27. The third kappa shape index (κ3) is 3.90. The predicted octanol–water partition coefficient (Wildman–Crippen LogP) is 3.82. The Kier molecular flexibility index (Phi) is 5.25. The van der Waals surface area contributed by atoms with Gasteiger partial charge in [0.15, 0.2) is 0 Å². The second kappa shape index (κ2) is 7.73. The van der Waals surface area contributed by atoms with Crippen LogP contribution in [0.2, 0.25) is 0 Å². The second-order valence-corrected chi connectivity index (χ2v) is 8.95. The number of fused-ring (bicyclic) bond motifs is 1. The zero-order chi connectivity index (χ0) is 21.5. The number of rotatable bonds is 5. The van der Waals surface area contributed by atoms with Crippen LogP contribution >= 0.6 is 0 Å². The molecule has 30 heavy (non-hydrogen) atoms. The van der Waals surface area contributed by atoms with Crippen molar-refractivity contribution in [1.29, 1.82) is 0 Å². The molecule has 1 aliphatic rings. The number of carbonyl (C=O) groups excluding carboxylic acids is 1. The van der Waals surface area contributed by atoms with Crippen molar-refractivity contribution in [2.75, 3.05) is 24.6 Å². The fourth-order valence-electron chi connectivity index (χ4n) is 3.69. The zero-order valence-electron chi connectivity index (χ0n) is 16.5. The lowest BCUT2D eigenvalue weighted by molar-refractivity contribution is 0.0964. The first-order valence-corrected chi connectivity index (χ1v) is 11.3. The van der Waals surface area contributed by atoms with Gasteiger partial charge in [0, 0.05) is 36.2 Å². The number of hydrogen-bond acceptors (Lipinski definition) is 5. The smallest absolute Gasteiger partial charge is 0.255 e. The van der Waals surface area contributed by atoms with Gasteiger partial charge in [-0.15, -0.1) is 0 Å². The van der Waals surface area contributed by atoms with Gasteiger partial charge >= 0.3 is 0 Å². The molecular formula is C21H21FN2O5S. The SMILES string of the molecule is CNC(=O)c1c(-c2ccc(F)cc2)oc2cc(NS(C)(=O)=O)c(C3CCCO3)cc12. The highest BCUT2D eigenvalue weighted by atomic mass is 32.2. The maximum Gasteiger partial charge on any atom is 0.255 e. The van der Waals surface area contributed by atoms with Gasteiger partial charge < -0.3 is 14.5 Å². The molecule has 1 aliphatic heterocycles. The second-order valence-electron chi connectivity index (χ2n) is 7.20. The van der Waals surface area contributed by atoms with E-state index in [0.717, 1.165) is 19.1 Å². The molecule has 1 saturated heterocycles. The molecule has 1 unspecified atom stereocenters. The van der Waals surface area contributed by atoms with E-state index < -0.39 is 15.8 Å². The van der Waals surface area contributed by atoms with Crippen LogP contribution in [0.4, 0.5) is 10.1 Å². The Bertz CT molecular complexity index is 1210. The van der Waals surface area contributed by atoms with E-state index in [4.69, 9.17) is 9.15 Å². The van der Waals surface area contributed by atoms with Crippen LogP contribution in [0.25, 0.3) is 22.3 Å². The highest BCUT2D eigenvalue weighted by Crippen LogP contribution is 2.41. The summed E-state index contributed by atoms with van der Waals surface area (Å²) in [6.45, 7) is 0.579. The van der Waals surface area contributed by atoms with Gasteiger partial charge in [-0.3, -0.25) is 9.52 Å². The van der Waals surface area contributed by atoms with Crippen molar-refractivity contribution in [2.24, 2.45) is 0 Å². The first-order chi connectivity index (χ1) is 14.3. The first-order valence-electron chi connectivity index (χ1n) is 9.44. The molecule has 0 radical (unpaired) electrons. The van der Waals surface area contributed by atoms with Gasteiger partial charge in [0.1, 0.15) is 17.2 Å². The number of sulfonamides is 1. The van der Waals surface area contributed by atoms with Crippen molar-refractivity contribution in [2.45, 2.75) is 18.9 Å². The number of amides is 1. The van der Waals surface area contributed by atoms with Crippen LogP contribution < -0.4 is 10.0 Å². The van der Waals surface area contributed by atoms with Crippen molar-refractivity contribution in [3.63, 3.8) is 0 Å². The summed E-state index contributed by atoms with van der Waals surface area (Å²) in [5.74, 6) is -0.494. The van der Waals surface area contributed by atoms with Gasteiger partial charge in [-0.2, -0.15) is 0 Å². The summed E-state index contributed by atoms with van der Waals surface area (Å²) in [6, 6.07) is 8.91. The van der Waals surface area contributed by atoms with Crippen molar-refractivity contribution >= 4 is 32.6 Å². The molecule has 9 heteroatoms. The normalized spacial score (nSPS) is 16.7. The topological polar surface area (TPSA) is 97.6 Å². The summed E-state index contributed by atoms with van der Waals surface area (Å²) in [6.07, 6.45) is 2.37. The standard InChI is InChI=1S/C21H21FN2O5S/c1-23-21(25)19-15-10-14(17-4-3-9-28-17)16(24-30(2,26)27)11-18(15)29-20(19)12-5-7-13(22)8-6-12/h5-8,10-11,17,24H,3-4,9H2,1-2H3,(H,23,25). The van der Waals surface area contributed by atoms with Crippen LogP contribution in [0.15, 0.2) is 40.8 Å². The summed E-state index contributed by atoms with van der Waals surface area (Å²) < 4.78 is 51.4. The Morgan fingerprint density at radius 3 is 2.53 bits per heavy atom. The largest absolute Gasteiger partial charge is 0.455 e. The molecular weight excluding hydrogens is 411 g/mol. The summed E-state index contributed by atoms with van der Waals surface area (Å²) in [4.78, 5) is 12.7. The van der Waals surface area contributed by atoms with Crippen LogP contribution in [0.1, 0.15) is 34.9 Å². The number of nitrogens with one attached hydrogen (secondary N) is 2. The Morgan fingerprint density at radius 2 is 1.93 bits per heavy atom. The van der Waals surface area contributed by atoms with Crippen LogP contribution in [0, 0.1) is 5.82 Å². The van der Waals surface area contributed by atoms with E-state index in [0.29, 0.717) is 40.0 Å². The Balaban J connectivity index is 1.98. The summed E-state index contributed by atoms with van der Waals surface area (Å²) in [5.41, 5.74) is 2.15. The molecule has 2 N–H and O–H groups in total. The predicted molar refractivity (Wildman–Crippen MR) is 111 cm³/mol. The lowest BCUT2D eigenvalue weighted by Crippen LogP contribution is -2.18. The van der Waals surface area contributed by atoms with Crippen molar-refractivity contribution in [3.8, 4) is 11.3 Å². The monoisotopic (exact) mass is 432 g/mol. The quantitative estimate of drug-likeness (QED) is 0.639. The van der Waals surface area contributed by atoms with Crippen LogP contribution in [0.5, 0.6) is 0 Å². The molecule has 0 bridgehead atoms. The minimum absolute atomic E-state index is 0.277. The van der Waals surface area contributed by atoms with Gasteiger partial charge in [-0.25, -0.2) is 12.8 Å². The average molecular weight is 432 g/mol. The lowest BCUT2D eigenvalue weighted by Gasteiger charge is -2.16. The number of hydrogen-bond donors (Lipinski definition) is 2. The Morgan fingerprint density at radius 1 is 1.20 bits per heavy atom. The summed E-state index contributed by atoms with van der Waals surface area (Å²) in [5, 5.41) is 3.13. The number of anilines is 1. The van der Waals surface area contributed by atoms with Gasteiger partial charge in [0.25, 0.3) is 5.91 Å². The van der Waals surface area contributed by atoms with Crippen LogP contribution in [0.3, 0.4) is 0 Å². The van der Waals surface area contributed by atoms with E-state index in [1.165, 1.54) is 31.3 Å². The van der Waals surface area contributed by atoms with E-state index in [2.05, 4.69) is 10.0 Å². The average Bonchev–Trinajstić information content (AvgIpc) is 3.33. The molecule has 7 nitrogen and oxygen atoms in total. The van der Waals surface area contributed by atoms with E-state index in [1.807, 2.05) is 0 Å². The molecule has 0 aliphatic carbocycles. The van der Waals surface area contributed by atoms with E-state index in [9.17, 15) is 17.6 Å². The Labute approximate surface area is 173 Å². The maximum atomic E-state index is 13.4. The molecule has 2 heterocycles. The number of benzene rings is 2. The number of ether oxygens (including phenoxy) is 1. The lowest BCUT2D eigenvalue weighted by atomic mass is 9.99. The third-order valence-electron chi connectivity index (χ3n) is 4.99. The zero-order valence-corrected chi connectivity index (χ0v) is 17.3. The van der Waals surface area contributed by atoms with E-state index in [-0.39, 0.29) is 17.8 Å². The Hall–Kier alpha value is -2.91. The van der Waals surface area contributed by atoms with E-state index >= 15 is 0 Å². The van der Waals surface area contributed by atoms with Gasteiger partial charge in [-0.1, -0.05) is 0 Å². The minimum atomic E-state index is -3.55. The molecule has 1 aromatic heterocycles. The molecule has 4 rings (SSSR count). The molecule has 0 spiro atoms. The number of halogens is 1. The fourth-order valence-corrected chi connectivity index (χ4v) is 4.27. The fraction of sp³-hybridized carbons (Fsp3) is 0.286. The molecule has 1 fully saturated rings. The van der Waals surface area contributed by atoms with Gasteiger partial charge in [0.05, 0.1) is 23.6 Å². The van der Waals surface area contributed by atoms with Crippen LogP contribution in [-0.2, 0) is 14.8 Å². The van der Waals surface area contributed by atoms with Crippen molar-refractivity contribution in [1.82, 2.24) is 5.32 Å². The third-order valence-corrected chi connectivity index (χ3v) is 5.58. The van der Waals surface area contributed by atoms with Crippen LogP contribution in [-0.4, -0.2) is 34.2 Å². The van der Waals surface area contributed by atoms with Gasteiger partial charge in [-0.05, 0) is 43.2 Å². The highest BCUT2D eigenvalue weighted by molar-refractivity contribution is 7.92. The maximum absolute atomic E-state index is 13.4. The molecule has 158 valence electrons. The molecule has 3 aromatic rings. The molecule has 1 amide bonds. The van der Waals surface area contributed by atoms with E-state index in [1.54, 1.807) is 12.1 Å². The number of carbonyl (C=O) groups is 1. The molecule has 2 aromatic carbocycles. The first kappa shape index (κ1) is 20.4. The van der Waals surface area contributed by atoms with Crippen molar-refractivity contribution < 1.29 is 26.8 Å². The number of furan rings is 1.